The van der Waals surface area contributed by atoms with Gasteiger partial charge in [0.2, 0.25) is 0 Å². The molecule has 0 aliphatic heterocycles. The molecule has 0 bridgehead atoms. The highest BCUT2D eigenvalue weighted by Gasteiger charge is 2.01. The zero-order valence-electron chi connectivity index (χ0n) is 27.9. The lowest BCUT2D eigenvalue weighted by Gasteiger charge is -2.09. The minimum atomic E-state index is 0.431. The largest absolute Gasteiger partial charge is 0.494 e. The van der Waals surface area contributed by atoms with E-state index in [4.69, 9.17) is 23.7 Å². The molecule has 0 atom stereocenters. The molecule has 47 heavy (non-hydrogen) atoms. The van der Waals surface area contributed by atoms with Gasteiger partial charge in [0.25, 0.3) is 0 Å². The predicted molar refractivity (Wildman–Crippen MR) is 186 cm³/mol. The Morgan fingerprint density at radius 1 is 0.362 bits per heavy atom. The van der Waals surface area contributed by atoms with Crippen LogP contribution < -0.4 is 18.9 Å². The topological polar surface area (TPSA) is 95.6 Å². The van der Waals surface area contributed by atoms with Crippen LogP contribution in [-0.2, 0) is 4.74 Å². The van der Waals surface area contributed by atoms with Crippen molar-refractivity contribution in [1.29, 1.82) is 0 Å². The number of hydrogen-bond donors (Lipinski definition) is 0. The summed E-state index contributed by atoms with van der Waals surface area (Å²) < 4.78 is 28.7. The van der Waals surface area contributed by atoms with Crippen molar-refractivity contribution in [2.45, 2.75) is 40.5 Å². The van der Waals surface area contributed by atoms with Crippen LogP contribution in [0.2, 0.25) is 0 Å². The standard InChI is InChI=1S/C38H46N4O5/c1-29(2)21-23-44-35-13-5-31(6-14-35)39-41-33-9-17-37(18-10-33)46-27-25-43-26-28-47-38-19-11-34(12-20-38)42-40-32-7-15-36(16-8-32)45-24-22-30(3)4/h5-20,29-30H,21-28H2,1-4H3. The van der Waals surface area contributed by atoms with Gasteiger partial charge in [-0.15, -0.1) is 0 Å². The van der Waals surface area contributed by atoms with Crippen molar-refractivity contribution in [2.24, 2.45) is 32.3 Å². The Labute approximate surface area is 278 Å². The maximum atomic E-state index is 5.77. The van der Waals surface area contributed by atoms with Crippen molar-refractivity contribution in [1.82, 2.24) is 0 Å². The van der Waals surface area contributed by atoms with E-state index in [1.165, 1.54) is 0 Å². The molecule has 9 nitrogen and oxygen atoms in total. The summed E-state index contributed by atoms with van der Waals surface area (Å²) in [6.07, 6.45) is 2.06. The Morgan fingerprint density at radius 2 is 0.617 bits per heavy atom. The molecule has 0 saturated carbocycles. The van der Waals surface area contributed by atoms with Crippen LogP contribution in [0.15, 0.2) is 118 Å². The molecule has 0 unspecified atom stereocenters. The van der Waals surface area contributed by atoms with Crippen molar-refractivity contribution in [3.63, 3.8) is 0 Å². The van der Waals surface area contributed by atoms with Gasteiger partial charge in [-0.05, 0) is 122 Å². The Bertz CT molecular complexity index is 1370. The zero-order valence-corrected chi connectivity index (χ0v) is 27.9. The minimum absolute atomic E-state index is 0.431. The van der Waals surface area contributed by atoms with Gasteiger partial charge in [-0.1, -0.05) is 27.7 Å². The number of azo groups is 2. The van der Waals surface area contributed by atoms with Crippen molar-refractivity contribution >= 4 is 22.7 Å². The fraction of sp³-hybridized carbons (Fsp3) is 0.368. The van der Waals surface area contributed by atoms with Crippen LogP contribution in [0, 0.1) is 11.8 Å². The molecular weight excluding hydrogens is 592 g/mol. The predicted octanol–water partition coefficient (Wildman–Crippen LogP) is 10.8. The van der Waals surface area contributed by atoms with E-state index in [0.717, 1.165) is 58.6 Å². The second-order valence-corrected chi connectivity index (χ2v) is 11.7. The van der Waals surface area contributed by atoms with Gasteiger partial charge >= 0.3 is 0 Å². The fourth-order valence-electron chi connectivity index (χ4n) is 4.03. The maximum Gasteiger partial charge on any atom is 0.119 e. The third kappa shape index (κ3) is 14.0. The molecule has 0 spiro atoms. The average molecular weight is 639 g/mol. The number of rotatable bonds is 20. The molecule has 0 amide bonds. The SMILES string of the molecule is CC(C)CCOc1ccc(N=Nc2ccc(OCCOCCOc3ccc(N=Nc4ccc(OCCC(C)C)cc4)cc3)cc2)cc1. The summed E-state index contributed by atoms with van der Waals surface area (Å²) in [7, 11) is 0. The van der Waals surface area contributed by atoms with Gasteiger partial charge in [0.15, 0.2) is 0 Å². The summed E-state index contributed by atoms with van der Waals surface area (Å²) in [5, 5.41) is 17.2. The van der Waals surface area contributed by atoms with Crippen molar-refractivity contribution in [2.75, 3.05) is 39.6 Å². The Morgan fingerprint density at radius 3 is 0.872 bits per heavy atom. The van der Waals surface area contributed by atoms with Crippen molar-refractivity contribution < 1.29 is 23.7 Å². The van der Waals surface area contributed by atoms with E-state index in [1.54, 1.807) is 0 Å². The Kier molecular flexibility index (Phi) is 14.7. The quantitative estimate of drug-likeness (QED) is 0.0709. The minimum Gasteiger partial charge on any atom is -0.494 e. The van der Waals surface area contributed by atoms with Crippen LogP contribution in [-0.4, -0.2) is 39.6 Å². The van der Waals surface area contributed by atoms with Gasteiger partial charge in [-0.2, -0.15) is 20.5 Å². The molecule has 0 aromatic heterocycles. The van der Waals surface area contributed by atoms with Gasteiger partial charge in [-0.25, -0.2) is 0 Å². The molecule has 0 fully saturated rings. The molecule has 248 valence electrons. The first kappa shape index (κ1) is 35.1. The van der Waals surface area contributed by atoms with Gasteiger partial charge < -0.3 is 23.7 Å². The third-order valence-corrected chi connectivity index (χ3v) is 6.83. The molecule has 4 aromatic rings. The summed E-state index contributed by atoms with van der Waals surface area (Å²) in [5.41, 5.74) is 3.02. The average Bonchev–Trinajstić information content (AvgIpc) is 3.08. The first-order valence-corrected chi connectivity index (χ1v) is 16.3. The second-order valence-electron chi connectivity index (χ2n) is 11.7. The van der Waals surface area contributed by atoms with Gasteiger partial charge in [-0.3, -0.25) is 0 Å². The molecule has 0 aliphatic rings. The van der Waals surface area contributed by atoms with E-state index in [2.05, 4.69) is 48.2 Å². The highest BCUT2D eigenvalue weighted by Crippen LogP contribution is 2.25. The summed E-state index contributed by atoms with van der Waals surface area (Å²) >= 11 is 0. The molecule has 0 aliphatic carbocycles. The van der Waals surface area contributed by atoms with E-state index in [-0.39, 0.29) is 0 Å². The van der Waals surface area contributed by atoms with E-state index in [1.807, 2.05) is 97.1 Å². The number of hydrogen-bond acceptors (Lipinski definition) is 9. The zero-order chi connectivity index (χ0) is 33.1. The summed E-state index contributed by atoms with van der Waals surface area (Å²) in [4.78, 5) is 0. The summed E-state index contributed by atoms with van der Waals surface area (Å²) in [5.74, 6) is 4.41. The smallest absolute Gasteiger partial charge is 0.119 e. The fourth-order valence-corrected chi connectivity index (χ4v) is 4.03. The van der Waals surface area contributed by atoms with Crippen LogP contribution in [0.5, 0.6) is 23.0 Å². The number of nitrogens with zero attached hydrogens (tertiary/aromatic N) is 4. The van der Waals surface area contributed by atoms with Crippen LogP contribution in [0.25, 0.3) is 0 Å². The van der Waals surface area contributed by atoms with Crippen molar-refractivity contribution in [3.8, 4) is 23.0 Å². The van der Waals surface area contributed by atoms with E-state index >= 15 is 0 Å². The first-order valence-electron chi connectivity index (χ1n) is 16.3. The molecule has 0 radical (unpaired) electrons. The van der Waals surface area contributed by atoms with Crippen molar-refractivity contribution in [3.05, 3.63) is 97.1 Å². The van der Waals surface area contributed by atoms with Gasteiger partial charge in [0.05, 0.1) is 49.2 Å². The van der Waals surface area contributed by atoms with E-state index in [9.17, 15) is 0 Å². The molecule has 4 rings (SSSR count). The van der Waals surface area contributed by atoms with Gasteiger partial charge in [0, 0.05) is 0 Å². The highest BCUT2D eigenvalue weighted by molar-refractivity contribution is 5.45. The van der Waals surface area contributed by atoms with Crippen LogP contribution in [0.4, 0.5) is 22.7 Å². The van der Waals surface area contributed by atoms with E-state index < -0.39 is 0 Å². The number of benzene rings is 4. The second kappa shape index (κ2) is 19.7. The molecular formula is C38H46N4O5. The molecule has 4 aromatic carbocycles. The number of ether oxygens (including phenoxy) is 5. The molecule has 0 saturated heterocycles. The van der Waals surface area contributed by atoms with Crippen LogP contribution in [0.1, 0.15) is 40.5 Å². The van der Waals surface area contributed by atoms with E-state index in [0.29, 0.717) is 51.5 Å². The Hall–Kier alpha value is -4.76. The maximum absolute atomic E-state index is 5.77. The monoisotopic (exact) mass is 638 g/mol. The summed E-state index contributed by atoms with van der Waals surface area (Å²) in [6.45, 7) is 11.9. The normalized spacial score (nSPS) is 11.5. The lowest BCUT2D eigenvalue weighted by atomic mass is 10.1. The lowest BCUT2D eigenvalue weighted by Crippen LogP contribution is -2.12. The van der Waals surface area contributed by atoms with Crippen LogP contribution >= 0.6 is 0 Å². The lowest BCUT2D eigenvalue weighted by molar-refractivity contribution is 0.0764. The van der Waals surface area contributed by atoms with Gasteiger partial charge in [0.1, 0.15) is 36.2 Å². The first-order chi connectivity index (χ1) is 22.9. The van der Waals surface area contributed by atoms with Crippen LogP contribution in [0.3, 0.4) is 0 Å². The Balaban J connectivity index is 1.06. The molecule has 0 N–H and O–H groups in total. The third-order valence-electron chi connectivity index (χ3n) is 6.83. The molecule has 9 heteroatoms. The molecule has 0 heterocycles. The highest BCUT2D eigenvalue weighted by atomic mass is 16.5. The summed E-state index contributed by atoms with van der Waals surface area (Å²) in [6, 6.07) is 30.2.